The summed E-state index contributed by atoms with van der Waals surface area (Å²) in [6, 6.07) is 15.2. The van der Waals surface area contributed by atoms with Gasteiger partial charge < -0.3 is 4.90 Å². The fourth-order valence-corrected chi connectivity index (χ4v) is 6.26. The predicted molar refractivity (Wildman–Crippen MR) is 115 cm³/mol. The highest BCUT2D eigenvalue weighted by atomic mass is 35.5. The largest absolute Gasteiger partial charge is 0.309 e. The van der Waals surface area contributed by atoms with Crippen molar-refractivity contribution < 1.29 is 13.2 Å². The zero-order chi connectivity index (χ0) is 20.6. The van der Waals surface area contributed by atoms with Gasteiger partial charge in [-0.05, 0) is 49.4 Å². The molecule has 0 aromatic heterocycles. The molecule has 0 spiro atoms. The highest BCUT2D eigenvalue weighted by molar-refractivity contribution is 7.88. The van der Waals surface area contributed by atoms with Crippen LogP contribution in [0.25, 0.3) is 0 Å². The molecule has 154 valence electrons. The number of sulfonamides is 1. The van der Waals surface area contributed by atoms with E-state index >= 15 is 0 Å². The van der Waals surface area contributed by atoms with Gasteiger partial charge in [-0.1, -0.05) is 48.0 Å². The van der Waals surface area contributed by atoms with E-state index in [0.717, 1.165) is 12.1 Å². The van der Waals surface area contributed by atoms with Crippen molar-refractivity contribution in [2.24, 2.45) is 5.92 Å². The first-order chi connectivity index (χ1) is 13.9. The number of hydrogen-bond acceptors (Lipinski definition) is 3. The lowest BCUT2D eigenvalue weighted by atomic mass is 9.96. The minimum absolute atomic E-state index is 0.109. The lowest BCUT2D eigenvalue weighted by molar-refractivity contribution is -0.123. The molecular weight excluding hydrogens is 408 g/mol. The van der Waals surface area contributed by atoms with Crippen LogP contribution in [0.4, 0.5) is 5.69 Å². The zero-order valence-corrected chi connectivity index (χ0v) is 18.0. The molecule has 2 aliphatic heterocycles. The molecule has 2 aromatic carbocycles. The van der Waals surface area contributed by atoms with Gasteiger partial charge >= 0.3 is 0 Å². The summed E-state index contributed by atoms with van der Waals surface area (Å²) in [4.78, 5) is 15.1. The van der Waals surface area contributed by atoms with Crippen LogP contribution in [0.15, 0.2) is 48.5 Å². The average molecular weight is 433 g/mol. The van der Waals surface area contributed by atoms with Crippen LogP contribution in [0.1, 0.15) is 30.9 Å². The highest BCUT2D eigenvalue weighted by Gasteiger charge is 2.37. The Morgan fingerprint density at radius 3 is 2.45 bits per heavy atom. The highest BCUT2D eigenvalue weighted by Crippen LogP contribution is 2.35. The smallest absolute Gasteiger partial charge is 0.230 e. The van der Waals surface area contributed by atoms with Gasteiger partial charge in [0.25, 0.3) is 0 Å². The van der Waals surface area contributed by atoms with Crippen LogP contribution in [-0.4, -0.2) is 37.8 Å². The summed E-state index contributed by atoms with van der Waals surface area (Å²) in [5.41, 5.74) is 2.81. The van der Waals surface area contributed by atoms with Crippen LogP contribution in [-0.2, 0) is 27.0 Å². The van der Waals surface area contributed by atoms with Crippen molar-refractivity contribution in [1.29, 1.82) is 0 Å². The zero-order valence-electron chi connectivity index (χ0n) is 16.4. The number of hydrogen-bond donors (Lipinski definition) is 0. The Bertz CT molecular complexity index is 1020. The van der Waals surface area contributed by atoms with Crippen LogP contribution < -0.4 is 4.90 Å². The van der Waals surface area contributed by atoms with Gasteiger partial charge in [0.1, 0.15) is 0 Å². The quantitative estimate of drug-likeness (QED) is 0.737. The van der Waals surface area contributed by atoms with E-state index in [9.17, 15) is 13.2 Å². The van der Waals surface area contributed by atoms with E-state index in [1.165, 1.54) is 9.87 Å². The van der Waals surface area contributed by atoms with Gasteiger partial charge in [-0.3, -0.25) is 4.79 Å². The van der Waals surface area contributed by atoms with Gasteiger partial charge in [0, 0.05) is 35.8 Å². The molecule has 0 N–H and O–H groups in total. The number of rotatable bonds is 4. The summed E-state index contributed by atoms with van der Waals surface area (Å²) in [6.07, 6.45) is 1.96. The standard InChI is InChI=1S/C22H25ClN2O3S/c1-16-14-18-6-3-5-9-21(18)25(16)22(26)17-10-12-24(13-11-17)29(27,28)15-19-7-2-4-8-20(19)23/h2-9,16-17H,10-15H2,1H3/t16-/m0/s1. The molecule has 0 saturated carbocycles. The second-order valence-electron chi connectivity index (χ2n) is 7.91. The number of halogens is 1. The maximum atomic E-state index is 13.2. The summed E-state index contributed by atoms with van der Waals surface area (Å²) in [7, 11) is -3.46. The topological polar surface area (TPSA) is 57.7 Å². The molecule has 5 nitrogen and oxygen atoms in total. The Balaban J connectivity index is 1.42. The Hall–Kier alpha value is -1.89. The third-order valence-corrected chi connectivity index (χ3v) is 8.13. The van der Waals surface area contributed by atoms with Crippen molar-refractivity contribution in [3.8, 4) is 0 Å². The van der Waals surface area contributed by atoms with E-state index in [0.29, 0.717) is 36.5 Å². The summed E-state index contributed by atoms with van der Waals surface area (Å²) < 4.78 is 27.2. The van der Waals surface area contributed by atoms with Crippen LogP contribution in [0.3, 0.4) is 0 Å². The maximum Gasteiger partial charge on any atom is 0.230 e. The minimum Gasteiger partial charge on any atom is -0.309 e. The van der Waals surface area contributed by atoms with Gasteiger partial charge in [0.05, 0.1) is 5.75 Å². The fourth-order valence-electron chi connectivity index (χ4n) is 4.38. The van der Waals surface area contributed by atoms with Crippen molar-refractivity contribution in [3.63, 3.8) is 0 Å². The second kappa shape index (κ2) is 8.09. The van der Waals surface area contributed by atoms with Gasteiger partial charge in [0.15, 0.2) is 0 Å². The number of carbonyl (C=O) groups excluding carboxylic acids is 1. The Labute approximate surface area is 177 Å². The molecule has 2 aromatic rings. The van der Waals surface area contributed by atoms with E-state index in [1.54, 1.807) is 24.3 Å². The maximum absolute atomic E-state index is 13.2. The summed E-state index contributed by atoms with van der Waals surface area (Å²) in [5.74, 6) is -0.136. The summed E-state index contributed by atoms with van der Waals surface area (Å²) in [6.45, 7) is 2.81. The number of benzene rings is 2. The van der Waals surface area contributed by atoms with Crippen molar-refractivity contribution in [3.05, 3.63) is 64.7 Å². The Kier molecular flexibility index (Phi) is 5.69. The molecule has 0 radical (unpaired) electrons. The molecule has 4 rings (SSSR count). The molecule has 1 fully saturated rings. The normalized spacial score (nSPS) is 20.6. The summed E-state index contributed by atoms with van der Waals surface area (Å²) >= 11 is 6.13. The van der Waals surface area contributed by atoms with Crippen LogP contribution >= 0.6 is 11.6 Å². The van der Waals surface area contributed by atoms with Crippen LogP contribution in [0.5, 0.6) is 0 Å². The monoisotopic (exact) mass is 432 g/mol. The minimum atomic E-state index is -3.46. The lowest BCUT2D eigenvalue weighted by Crippen LogP contribution is -2.46. The molecule has 1 amide bonds. The molecule has 0 unspecified atom stereocenters. The van der Waals surface area contributed by atoms with Gasteiger partial charge in [-0.25, -0.2) is 12.7 Å². The first-order valence-electron chi connectivity index (χ1n) is 9.99. The molecule has 2 heterocycles. The number of piperidine rings is 1. The molecule has 29 heavy (non-hydrogen) atoms. The lowest BCUT2D eigenvalue weighted by Gasteiger charge is -2.34. The molecule has 2 aliphatic rings. The third kappa shape index (κ3) is 4.06. The Morgan fingerprint density at radius 2 is 1.72 bits per heavy atom. The van der Waals surface area contributed by atoms with E-state index in [4.69, 9.17) is 11.6 Å². The van der Waals surface area contributed by atoms with E-state index < -0.39 is 10.0 Å². The number of amides is 1. The van der Waals surface area contributed by atoms with E-state index in [1.807, 2.05) is 23.1 Å². The van der Waals surface area contributed by atoms with Crippen LogP contribution in [0, 0.1) is 5.92 Å². The fraction of sp³-hybridized carbons (Fsp3) is 0.409. The number of anilines is 1. The van der Waals surface area contributed by atoms with Crippen molar-refractivity contribution in [1.82, 2.24) is 4.31 Å². The number of nitrogens with zero attached hydrogens (tertiary/aromatic N) is 2. The first kappa shape index (κ1) is 20.4. The molecule has 7 heteroatoms. The van der Waals surface area contributed by atoms with E-state index in [2.05, 4.69) is 13.0 Å². The SMILES string of the molecule is C[C@H]1Cc2ccccc2N1C(=O)C1CCN(S(=O)(=O)Cc2ccccc2Cl)CC1. The van der Waals surface area contributed by atoms with Crippen molar-refractivity contribution >= 4 is 33.2 Å². The first-order valence-corrected chi connectivity index (χ1v) is 12.0. The average Bonchev–Trinajstić information content (AvgIpc) is 3.05. The number of fused-ring (bicyclic) bond motifs is 1. The third-order valence-electron chi connectivity index (χ3n) is 5.94. The summed E-state index contributed by atoms with van der Waals surface area (Å²) in [5, 5.41) is 0.461. The van der Waals surface area contributed by atoms with Gasteiger partial charge in [-0.2, -0.15) is 0 Å². The van der Waals surface area contributed by atoms with Gasteiger partial charge in [0.2, 0.25) is 15.9 Å². The second-order valence-corrected chi connectivity index (χ2v) is 10.3. The molecule has 1 atom stereocenters. The van der Waals surface area contributed by atoms with Crippen molar-refractivity contribution in [2.75, 3.05) is 18.0 Å². The molecule has 0 bridgehead atoms. The predicted octanol–water partition coefficient (Wildman–Crippen LogP) is 3.86. The van der Waals surface area contributed by atoms with Gasteiger partial charge in [-0.15, -0.1) is 0 Å². The van der Waals surface area contributed by atoms with E-state index in [-0.39, 0.29) is 23.6 Å². The van der Waals surface area contributed by atoms with Crippen LogP contribution in [0.2, 0.25) is 5.02 Å². The Morgan fingerprint density at radius 1 is 1.07 bits per heavy atom. The molecular formula is C22H25ClN2O3S. The molecule has 1 saturated heterocycles. The number of carbonyl (C=O) groups is 1. The van der Waals surface area contributed by atoms with Crippen molar-refractivity contribution in [2.45, 2.75) is 38.0 Å². The number of para-hydroxylation sites is 1. The molecule has 0 aliphatic carbocycles.